The number of carbonyl (C=O) groups excluding carboxylic acids is 2. The number of ether oxygens (including phenoxy) is 1. The highest BCUT2D eigenvalue weighted by Gasteiger charge is 2.37. The van der Waals surface area contributed by atoms with Crippen LogP contribution in [0.25, 0.3) is 22.4 Å². The van der Waals surface area contributed by atoms with Crippen molar-refractivity contribution in [2.45, 2.75) is 82.3 Å². The van der Waals surface area contributed by atoms with Gasteiger partial charge in [0.2, 0.25) is 11.8 Å². The van der Waals surface area contributed by atoms with Crippen molar-refractivity contribution in [1.82, 2.24) is 30.2 Å². The fraction of sp³-hybridized carbons (Fsp3) is 0.447. The highest BCUT2D eigenvalue weighted by molar-refractivity contribution is 6.02. The largest absolute Gasteiger partial charge is 0.507 e. The summed E-state index contributed by atoms with van der Waals surface area (Å²) in [5.41, 5.74) is 12.5. The van der Waals surface area contributed by atoms with Crippen molar-refractivity contribution in [1.29, 1.82) is 0 Å². The van der Waals surface area contributed by atoms with Crippen LogP contribution in [-0.4, -0.2) is 80.1 Å². The lowest BCUT2D eigenvalue weighted by molar-refractivity contribution is -0.134. The first-order valence-electron chi connectivity index (χ1n) is 17.9. The van der Waals surface area contributed by atoms with E-state index in [0.717, 1.165) is 79.9 Å². The van der Waals surface area contributed by atoms with Gasteiger partial charge in [-0.3, -0.25) is 19.6 Å². The van der Waals surface area contributed by atoms with Crippen LogP contribution < -0.4 is 20.7 Å². The van der Waals surface area contributed by atoms with Crippen LogP contribution in [0.5, 0.6) is 11.5 Å². The molecule has 4 aliphatic rings. The number of hydrogen-bond donors (Lipinski definition) is 3. The predicted molar refractivity (Wildman–Crippen MR) is 190 cm³/mol. The molecule has 2 aromatic heterocycles. The summed E-state index contributed by atoms with van der Waals surface area (Å²) < 4.78 is 8.43. The molecule has 2 saturated heterocycles. The van der Waals surface area contributed by atoms with E-state index in [1.807, 2.05) is 24.4 Å². The summed E-state index contributed by atoms with van der Waals surface area (Å²) in [5.74, 6) is 1.43. The summed E-state index contributed by atoms with van der Waals surface area (Å²) in [6, 6.07) is 15.9. The first kappa shape index (κ1) is 32.2. The van der Waals surface area contributed by atoms with Gasteiger partial charge in [0.1, 0.15) is 24.1 Å². The Bertz CT molecular complexity index is 1910. The summed E-state index contributed by atoms with van der Waals surface area (Å²) >= 11 is 0. The maximum atomic E-state index is 12.7. The highest BCUT2D eigenvalue weighted by Crippen LogP contribution is 2.45. The number of piperidine rings is 2. The topological polar surface area (TPSA) is 152 Å². The van der Waals surface area contributed by atoms with Gasteiger partial charge in [0.05, 0.1) is 30.2 Å². The second-order valence-corrected chi connectivity index (χ2v) is 14.1. The van der Waals surface area contributed by atoms with Crippen LogP contribution in [0, 0.1) is 6.92 Å². The van der Waals surface area contributed by atoms with Crippen molar-refractivity contribution >= 4 is 23.3 Å². The molecule has 1 atom stereocenters. The van der Waals surface area contributed by atoms with Gasteiger partial charge in [-0.05, 0) is 87.6 Å². The number of carbonyl (C=O) groups is 2. The van der Waals surface area contributed by atoms with E-state index in [-0.39, 0.29) is 23.6 Å². The molecule has 3 aliphatic heterocycles. The number of amides is 2. The van der Waals surface area contributed by atoms with Crippen LogP contribution in [0.15, 0.2) is 54.7 Å². The average Bonchev–Trinajstić information content (AvgIpc) is 3.52. The third-order valence-corrected chi connectivity index (χ3v) is 11.3. The van der Waals surface area contributed by atoms with E-state index in [1.165, 1.54) is 5.56 Å². The quantitative estimate of drug-likeness (QED) is 0.239. The molecule has 12 nitrogen and oxygen atoms in total. The molecule has 260 valence electrons. The number of phenolic OH excluding ortho intramolecular Hbond substituents is 1. The first-order valence-corrected chi connectivity index (χ1v) is 17.9. The van der Waals surface area contributed by atoms with Crippen LogP contribution in [0.4, 0.5) is 11.5 Å². The molecule has 4 N–H and O–H groups in total. The van der Waals surface area contributed by atoms with Crippen molar-refractivity contribution in [2.24, 2.45) is 0 Å². The number of nitrogens with one attached hydrogen (secondary N) is 1. The van der Waals surface area contributed by atoms with Gasteiger partial charge < -0.3 is 25.4 Å². The Balaban J connectivity index is 0.900. The molecule has 4 aromatic rings. The number of rotatable bonds is 6. The zero-order chi connectivity index (χ0) is 34.4. The number of benzene rings is 2. The van der Waals surface area contributed by atoms with Crippen LogP contribution in [-0.2, 0) is 9.59 Å². The maximum Gasteiger partial charge on any atom is 0.249 e. The molecule has 1 saturated carbocycles. The highest BCUT2D eigenvalue weighted by atomic mass is 16.5. The smallest absolute Gasteiger partial charge is 0.249 e. The van der Waals surface area contributed by atoms with Gasteiger partial charge in [0.15, 0.2) is 5.82 Å². The predicted octanol–water partition coefficient (Wildman–Crippen LogP) is 4.97. The molecule has 0 spiro atoms. The van der Waals surface area contributed by atoms with Crippen LogP contribution in [0.3, 0.4) is 0 Å². The van der Waals surface area contributed by atoms with Gasteiger partial charge in [-0.1, -0.05) is 24.3 Å². The van der Waals surface area contributed by atoms with Gasteiger partial charge in [0, 0.05) is 47.9 Å². The number of anilines is 2. The van der Waals surface area contributed by atoms with E-state index in [0.29, 0.717) is 61.1 Å². The zero-order valence-electron chi connectivity index (χ0n) is 28.4. The van der Waals surface area contributed by atoms with Gasteiger partial charge in [0.25, 0.3) is 0 Å². The van der Waals surface area contributed by atoms with E-state index >= 15 is 0 Å². The van der Waals surface area contributed by atoms with E-state index in [9.17, 15) is 14.7 Å². The molecule has 0 bridgehead atoms. The number of phenols is 1. The normalized spacial score (nSPS) is 23.3. The second-order valence-electron chi connectivity index (χ2n) is 14.1. The van der Waals surface area contributed by atoms with E-state index in [4.69, 9.17) is 15.6 Å². The van der Waals surface area contributed by atoms with E-state index < -0.39 is 0 Å². The number of hydrogen-bond acceptors (Lipinski definition) is 10. The average molecular weight is 677 g/mol. The number of para-hydroxylation sites is 2. The summed E-state index contributed by atoms with van der Waals surface area (Å²) in [5, 5.41) is 26.2. The molecule has 0 radical (unpaired) electrons. The summed E-state index contributed by atoms with van der Waals surface area (Å²) in [6.07, 6.45) is 9.35. The third-order valence-electron chi connectivity index (χ3n) is 11.3. The van der Waals surface area contributed by atoms with Crippen molar-refractivity contribution in [3.05, 3.63) is 66.0 Å². The number of nitrogens with zero attached hydrogens (tertiary/aromatic N) is 6. The lowest BCUT2D eigenvalue weighted by atomic mass is 9.80. The van der Waals surface area contributed by atoms with Crippen molar-refractivity contribution in [3.63, 3.8) is 0 Å². The fourth-order valence-electron chi connectivity index (χ4n) is 8.66. The molecular weight excluding hydrogens is 632 g/mol. The van der Waals surface area contributed by atoms with Crippen LogP contribution >= 0.6 is 0 Å². The number of nitrogens with two attached hydrogens (primary N) is 1. The van der Waals surface area contributed by atoms with E-state index in [1.54, 1.807) is 12.1 Å². The lowest BCUT2D eigenvalue weighted by Crippen LogP contribution is -2.54. The maximum absolute atomic E-state index is 12.7. The number of fused-ring (bicyclic) bond motifs is 1. The van der Waals surface area contributed by atoms with Gasteiger partial charge in [-0.15, -0.1) is 10.2 Å². The number of nitrogen functional groups attached to an aromatic ring is 1. The molecular formula is C38H44N8O4. The molecule has 1 unspecified atom stereocenters. The number of aromatic nitrogens is 4. The minimum atomic E-state index is -0.338. The lowest BCUT2D eigenvalue weighted by Gasteiger charge is -2.42. The summed E-state index contributed by atoms with van der Waals surface area (Å²) in [4.78, 5) is 29.3. The van der Waals surface area contributed by atoms with Gasteiger partial charge >= 0.3 is 0 Å². The van der Waals surface area contributed by atoms with Crippen LogP contribution in [0.1, 0.15) is 74.6 Å². The Morgan fingerprint density at radius 1 is 0.880 bits per heavy atom. The Kier molecular flexibility index (Phi) is 8.64. The van der Waals surface area contributed by atoms with Gasteiger partial charge in [-0.25, -0.2) is 0 Å². The Labute approximate surface area is 291 Å². The summed E-state index contributed by atoms with van der Waals surface area (Å²) in [7, 11) is 0. The molecule has 3 fully saturated rings. The van der Waals surface area contributed by atoms with Gasteiger partial charge in [-0.2, -0.15) is 5.10 Å². The standard InChI is InChI=1S/C38H44N8O4/c1-23-30(29-21-31(42-43-37(29)39)28-5-2-3-8-34(28)47)22-40-46(23)26-15-17-44(18-16-26)25-11-9-24(10-12-25)27-6-4-7-32-36(27)50-20-19-45(32)33-13-14-35(48)41-38(33)49/h2-8,21-22,24-26,33,47H,9-20H2,1H3,(H2,39,43)(H,41,48,49). The number of aromatic hydroxyl groups is 1. The Hall–Kier alpha value is -4.97. The van der Waals surface area contributed by atoms with Crippen LogP contribution in [0.2, 0.25) is 0 Å². The van der Waals surface area contributed by atoms with E-state index in [2.05, 4.69) is 55.1 Å². The molecule has 2 aromatic carbocycles. The Morgan fingerprint density at radius 3 is 2.46 bits per heavy atom. The minimum Gasteiger partial charge on any atom is -0.507 e. The number of likely N-dealkylation sites (tertiary alicyclic amines) is 1. The molecule has 8 rings (SSSR count). The SMILES string of the molecule is Cc1c(-c2cc(-c3ccccc3O)nnc2N)cnn1C1CCN(C2CCC(c3cccc4c3OCCN4C3CCC(=O)NC3=O)CC2)CC1. The molecule has 50 heavy (non-hydrogen) atoms. The monoisotopic (exact) mass is 676 g/mol. The fourth-order valence-corrected chi connectivity index (χ4v) is 8.66. The Morgan fingerprint density at radius 2 is 1.68 bits per heavy atom. The van der Waals surface area contributed by atoms with Crippen molar-refractivity contribution in [2.75, 3.05) is 36.9 Å². The summed E-state index contributed by atoms with van der Waals surface area (Å²) in [6.45, 7) is 5.34. The molecule has 2 amide bonds. The third kappa shape index (κ3) is 5.95. The van der Waals surface area contributed by atoms with Crippen molar-refractivity contribution < 1.29 is 19.4 Å². The molecule has 5 heterocycles. The zero-order valence-corrected chi connectivity index (χ0v) is 28.4. The van der Waals surface area contributed by atoms with Crippen molar-refractivity contribution in [3.8, 4) is 33.9 Å². The molecule has 1 aliphatic carbocycles. The minimum absolute atomic E-state index is 0.150. The molecule has 12 heteroatoms. The number of imide groups is 1. The second kappa shape index (κ2) is 13.4. The first-order chi connectivity index (χ1) is 24.4.